The number of halogens is 5. The monoisotopic (exact) mass is 430 g/mol. The molecule has 0 radical (unpaired) electrons. The zero-order chi connectivity index (χ0) is 16.2. The SMILES string of the molecule is CCCCCCCOc1ccc(COSc2ccccc2)cc1.F.F.F.F.F. The zero-order valence-electron chi connectivity index (χ0n) is 15.9. The molecule has 28 heavy (non-hydrogen) atoms. The number of ether oxygens (including phenoxy) is 1. The molecule has 164 valence electrons. The first kappa shape index (κ1) is 33.8. The Bertz CT molecular complexity index is 544. The molecule has 0 saturated heterocycles. The van der Waals surface area contributed by atoms with Crippen LogP contribution in [0.5, 0.6) is 5.75 Å². The van der Waals surface area contributed by atoms with Gasteiger partial charge in [0.25, 0.3) is 0 Å². The minimum atomic E-state index is 0. The Morgan fingerprint density at radius 1 is 0.714 bits per heavy atom. The Kier molecular flexibility index (Phi) is 25.9. The van der Waals surface area contributed by atoms with Crippen LogP contribution >= 0.6 is 12.0 Å². The van der Waals surface area contributed by atoms with E-state index < -0.39 is 0 Å². The Morgan fingerprint density at radius 2 is 1.32 bits per heavy atom. The molecule has 2 aromatic carbocycles. The summed E-state index contributed by atoms with van der Waals surface area (Å²) in [5.41, 5.74) is 1.16. The Hall–Kier alpha value is -1.80. The third-order valence-corrected chi connectivity index (χ3v) is 4.26. The minimum absolute atomic E-state index is 0. The fraction of sp³-hybridized carbons (Fsp3) is 0.400. The summed E-state index contributed by atoms with van der Waals surface area (Å²) in [6.07, 6.45) is 6.33. The lowest BCUT2D eigenvalue weighted by Crippen LogP contribution is -1.97. The lowest BCUT2D eigenvalue weighted by atomic mass is 10.2. The van der Waals surface area contributed by atoms with E-state index in [1.54, 1.807) is 0 Å². The van der Waals surface area contributed by atoms with E-state index in [4.69, 9.17) is 8.92 Å². The zero-order valence-corrected chi connectivity index (χ0v) is 16.7. The van der Waals surface area contributed by atoms with Crippen LogP contribution in [0.2, 0.25) is 0 Å². The third-order valence-electron chi connectivity index (χ3n) is 3.56. The van der Waals surface area contributed by atoms with Gasteiger partial charge in [-0.25, -0.2) is 0 Å². The second-order valence-corrected chi connectivity index (χ2v) is 6.44. The van der Waals surface area contributed by atoms with Crippen molar-refractivity contribution < 1.29 is 32.4 Å². The molecule has 0 heterocycles. The van der Waals surface area contributed by atoms with Crippen molar-refractivity contribution in [2.45, 2.75) is 50.5 Å². The highest BCUT2D eigenvalue weighted by molar-refractivity contribution is 7.94. The van der Waals surface area contributed by atoms with Crippen LogP contribution in [-0.4, -0.2) is 6.61 Å². The fourth-order valence-corrected chi connectivity index (χ4v) is 2.82. The number of rotatable bonds is 11. The number of unbranched alkanes of at least 4 members (excludes halogenated alkanes) is 4. The molecule has 0 spiro atoms. The molecule has 0 aliphatic carbocycles. The summed E-state index contributed by atoms with van der Waals surface area (Å²) in [6, 6.07) is 18.3. The second-order valence-electron chi connectivity index (χ2n) is 5.57. The van der Waals surface area contributed by atoms with Crippen molar-refractivity contribution in [3.8, 4) is 5.75 Å². The van der Waals surface area contributed by atoms with Crippen LogP contribution in [0.4, 0.5) is 23.5 Å². The van der Waals surface area contributed by atoms with Gasteiger partial charge in [-0.05, 0) is 36.2 Å². The number of hydrogen-bond donors (Lipinski definition) is 0. The molecular formula is C20H31F5O2S. The van der Waals surface area contributed by atoms with Gasteiger partial charge in [0.15, 0.2) is 0 Å². The predicted molar refractivity (Wildman–Crippen MR) is 110 cm³/mol. The van der Waals surface area contributed by atoms with Gasteiger partial charge in [0.1, 0.15) is 5.75 Å². The molecule has 2 nitrogen and oxygen atoms in total. The van der Waals surface area contributed by atoms with E-state index in [1.807, 2.05) is 42.5 Å². The summed E-state index contributed by atoms with van der Waals surface area (Å²) >= 11 is 1.41. The van der Waals surface area contributed by atoms with E-state index in [-0.39, 0.29) is 23.5 Å². The van der Waals surface area contributed by atoms with Crippen molar-refractivity contribution in [2.24, 2.45) is 0 Å². The van der Waals surface area contributed by atoms with E-state index in [0.29, 0.717) is 6.61 Å². The maximum Gasteiger partial charge on any atom is 0.119 e. The van der Waals surface area contributed by atoms with Gasteiger partial charge in [0, 0.05) is 16.9 Å². The molecule has 0 N–H and O–H groups in total. The summed E-state index contributed by atoms with van der Waals surface area (Å²) in [4.78, 5) is 1.12. The molecule has 2 rings (SSSR count). The van der Waals surface area contributed by atoms with Crippen molar-refractivity contribution >= 4 is 12.0 Å². The lowest BCUT2D eigenvalue weighted by molar-refractivity contribution is 0.304. The predicted octanol–water partition coefficient (Wildman–Crippen LogP) is 7.02. The molecule has 0 aliphatic heterocycles. The van der Waals surface area contributed by atoms with Gasteiger partial charge in [-0.1, -0.05) is 62.9 Å². The van der Waals surface area contributed by atoms with Crippen LogP contribution in [0.15, 0.2) is 59.5 Å². The van der Waals surface area contributed by atoms with Crippen molar-refractivity contribution in [3.05, 3.63) is 60.2 Å². The third kappa shape index (κ3) is 14.3. The topological polar surface area (TPSA) is 18.5 Å². The quantitative estimate of drug-likeness (QED) is 0.217. The highest BCUT2D eigenvalue weighted by Crippen LogP contribution is 2.21. The van der Waals surface area contributed by atoms with E-state index >= 15 is 0 Å². The van der Waals surface area contributed by atoms with Crippen LogP contribution in [0.1, 0.15) is 44.6 Å². The van der Waals surface area contributed by atoms with Gasteiger partial charge in [0.05, 0.1) is 13.2 Å². The first-order valence-electron chi connectivity index (χ1n) is 8.44. The summed E-state index contributed by atoms with van der Waals surface area (Å²) < 4.78 is 11.4. The van der Waals surface area contributed by atoms with Gasteiger partial charge in [0.2, 0.25) is 0 Å². The Balaban J connectivity index is -0.000000576. The molecule has 2 aromatic rings. The molecule has 0 atom stereocenters. The van der Waals surface area contributed by atoms with Crippen molar-refractivity contribution in [3.63, 3.8) is 0 Å². The van der Waals surface area contributed by atoms with Crippen LogP contribution in [0.25, 0.3) is 0 Å². The van der Waals surface area contributed by atoms with E-state index in [2.05, 4.69) is 19.1 Å². The van der Waals surface area contributed by atoms with Crippen molar-refractivity contribution in [2.75, 3.05) is 6.61 Å². The molecule has 0 amide bonds. The maximum atomic E-state index is 5.77. The van der Waals surface area contributed by atoms with Crippen LogP contribution in [0, 0.1) is 0 Å². The van der Waals surface area contributed by atoms with Crippen LogP contribution in [0.3, 0.4) is 0 Å². The average Bonchev–Trinajstić information content (AvgIpc) is 2.60. The highest BCUT2D eigenvalue weighted by Gasteiger charge is 1.98. The second kappa shape index (κ2) is 21.5. The van der Waals surface area contributed by atoms with E-state index in [1.165, 1.54) is 37.7 Å². The molecule has 0 aromatic heterocycles. The van der Waals surface area contributed by atoms with Gasteiger partial charge in [-0.2, -0.15) is 0 Å². The molecule has 0 unspecified atom stereocenters. The molecule has 0 fully saturated rings. The smallest absolute Gasteiger partial charge is 0.119 e. The largest absolute Gasteiger partial charge is 0.494 e. The normalized spacial score (nSPS) is 8.75. The standard InChI is InChI=1S/C20H26O2S.5FH/c1-2-3-4-5-9-16-21-19-14-12-18(13-15-19)17-22-23-20-10-7-6-8-11-20;;;;;/h6-8,10-15H,2-5,9,16-17H2,1H3;5*1H. The summed E-state index contributed by atoms with van der Waals surface area (Å²) in [5, 5.41) is 0. The van der Waals surface area contributed by atoms with E-state index in [9.17, 15) is 0 Å². The Morgan fingerprint density at radius 3 is 1.93 bits per heavy atom. The lowest BCUT2D eigenvalue weighted by Gasteiger charge is -2.07. The molecule has 0 saturated carbocycles. The molecular weight excluding hydrogens is 399 g/mol. The maximum absolute atomic E-state index is 5.77. The highest BCUT2D eigenvalue weighted by atomic mass is 32.2. The average molecular weight is 431 g/mol. The molecule has 0 bridgehead atoms. The van der Waals surface area contributed by atoms with Gasteiger partial charge in [-0.3, -0.25) is 23.5 Å². The first-order chi connectivity index (χ1) is 11.4. The van der Waals surface area contributed by atoms with Gasteiger partial charge >= 0.3 is 0 Å². The van der Waals surface area contributed by atoms with Gasteiger partial charge < -0.3 is 8.92 Å². The summed E-state index contributed by atoms with van der Waals surface area (Å²) in [5.74, 6) is 0.944. The van der Waals surface area contributed by atoms with Crippen LogP contribution < -0.4 is 4.74 Å². The minimum Gasteiger partial charge on any atom is -0.494 e. The Labute approximate surface area is 168 Å². The van der Waals surface area contributed by atoms with Crippen molar-refractivity contribution in [1.29, 1.82) is 0 Å². The fourth-order valence-electron chi connectivity index (χ4n) is 2.22. The summed E-state index contributed by atoms with van der Waals surface area (Å²) in [6.45, 7) is 3.64. The van der Waals surface area contributed by atoms with Crippen LogP contribution in [-0.2, 0) is 10.8 Å². The van der Waals surface area contributed by atoms with Crippen molar-refractivity contribution in [1.82, 2.24) is 0 Å². The molecule has 8 heteroatoms. The molecule has 0 aliphatic rings. The first-order valence-corrected chi connectivity index (χ1v) is 9.19. The van der Waals surface area contributed by atoms with Gasteiger partial charge in [-0.15, -0.1) is 0 Å². The summed E-state index contributed by atoms with van der Waals surface area (Å²) in [7, 11) is 0. The number of benzene rings is 2. The number of hydrogen-bond acceptors (Lipinski definition) is 3. The van der Waals surface area contributed by atoms with E-state index in [0.717, 1.165) is 29.2 Å².